The molecule has 0 saturated heterocycles. The quantitative estimate of drug-likeness (QED) is 0.179. The van der Waals surface area contributed by atoms with Gasteiger partial charge in [0.2, 0.25) is 0 Å². The Morgan fingerprint density at radius 1 is 0.800 bits per heavy atom. The molecule has 0 radical (unpaired) electrons. The number of ether oxygens (including phenoxy) is 5. The number of carbonyl (C=O) groups excluding carboxylic acids is 3. The van der Waals surface area contributed by atoms with Crippen molar-refractivity contribution < 1.29 is 48.0 Å². The first-order valence-corrected chi connectivity index (χ1v) is 10.2. The van der Waals surface area contributed by atoms with E-state index in [1.165, 1.54) is 0 Å². The highest BCUT2D eigenvalue weighted by Crippen LogP contribution is 2.24. The van der Waals surface area contributed by atoms with Crippen molar-refractivity contribution in [2.24, 2.45) is 0 Å². The zero-order chi connectivity index (χ0) is 22.4. The summed E-state index contributed by atoms with van der Waals surface area (Å²) >= 11 is 0. The summed E-state index contributed by atoms with van der Waals surface area (Å²) in [4.78, 5) is 47.7. The third-order valence-corrected chi connectivity index (χ3v) is 4.20. The second kappa shape index (κ2) is 13.4. The largest absolute Gasteiger partial charge is 0.475 e. The van der Waals surface area contributed by atoms with Crippen LogP contribution in [0.5, 0.6) is 0 Å². The number of hydrogen-bond donors (Lipinski definition) is 1. The van der Waals surface area contributed by atoms with Crippen molar-refractivity contribution in [1.82, 2.24) is 0 Å². The Balaban J connectivity index is 2.71. The average Bonchev–Trinajstić information content (AvgIpc) is 3.20. The Morgan fingerprint density at radius 2 is 1.27 bits per heavy atom. The highest BCUT2D eigenvalue weighted by molar-refractivity contribution is 6.01. The van der Waals surface area contributed by atoms with Crippen molar-refractivity contribution in [3.8, 4) is 0 Å². The van der Waals surface area contributed by atoms with E-state index in [2.05, 4.69) is 0 Å². The topological polar surface area (TPSA) is 135 Å². The lowest BCUT2D eigenvalue weighted by atomic mass is 10.1. The lowest BCUT2D eigenvalue weighted by molar-refractivity contribution is -0.274. The molecule has 30 heavy (non-hydrogen) atoms. The first-order chi connectivity index (χ1) is 14.4. The van der Waals surface area contributed by atoms with Gasteiger partial charge in [-0.25, -0.2) is 9.59 Å². The summed E-state index contributed by atoms with van der Waals surface area (Å²) in [5.41, 5.74) is 0. The summed E-state index contributed by atoms with van der Waals surface area (Å²) in [5, 5.41) is 9.24. The van der Waals surface area contributed by atoms with Gasteiger partial charge in [0.25, 0.3) is 0 Å². The third kappa shape index (κ3) is 8.30. The van der Waals surface area contributed by atoms with Crippen LogP contribution in [-0.4, -0.2) is 41.2 Å². The lowest BCUT2D eigenvalue weighted by Gasteiger charge is -2.23. The van der Waals surface area contributed by atoms with Crippen LogP contribution in [0.25, 0.3) is 0 Å². The molecule has 1 N–H and O–H groups in total. The van der Waals surface area contributed by atoms with Crippen molar-refractivity contribution in [3.05, 3.63) is 12.5 Å². The molecule has 10 heteroatoms. The van der Waals surface area contributed by atoms with Crippen LogP contribution in [0.15, 0.2) is 12.5 Å². The van der Waals surface area contributed by atoms with E-state index in [-0.39, 0.29) is 12.8 Å². The lowest BCUT2D eigenvalue weighted by Crippen LogP contribution is -2.50. The first-order valence-electron chi connectivity index (χ1n) is 10.2. The number of esters is 3. The molecule has 1 heterocycles. The van der Waals surface area contributed by atoms with Gasteiger partial charge < -0.3 is 28.8 Å². The summed E-state index contributed by atoms with van der Waals surface area (Å²) in [6.07, 6.45) is 8.33. The zero-order valence-corrected chi connectivity index (χ0v) is 17.4. The highest BCUT2D eigenvalue weighted by atomic mass is 16.9. The number of hydrogen-bond acceptors (Lipinski definition) is 9. The predicted molar refractivity (Wildman–Crippen MR) is 101 cm³/mol. The number of carboxylic acid groups (broad SMARTS) is 1. The minimum absolute atomic E-state index is 0.0285. The van der Waals surface area contributed by atoms with Crippen LogP contribution in [0, 0.1) is 0 Å². The van der Waals surface area contributed by atoms with Crippen LogP contribution < -0.4 is 0 Å². The molecule has 0 aromatic carbocycles. The fourth-order valence-electron chi connectivity index (χ4n) is 2.52. The van der Waals surface area contributed by atoms with Crippen LogP contribution in [0.4, 0.5) is 0 Å². The van der Waals surface area contributed by atoms with Crippen LogP contribution in [0.1, 0.15) is 78.1 Å². The molecule has 0 aliphatic carbocycles. The first kappa shape index (κ1) is 25.3. The van der Waals surface area contributed by atoms with E-state index in [9.17, 15) is 24.3 Å². The van der Waals surface area contributed by atoms with Crippen LogP contribution in [0.2, 0.25) is 0 Å². The molecule has 0 aromatic heterocycles. The Kier molecular flexibility index (Phi) is 11.3. The second-order valence-corrected chi connectivity index (χ2v) is 6.72. The van der Waals surface area contributed by atoms with Crippen molar-refractivity contribution in [1.29, 1.82) is 0 Å². The van der Waals surface area contributed by atoms with Crippen molar-refractivity contribution in [3.63, 3.8) is 0 Å². The zero-order valence-electron chi connectivity index (χ0n) is 17.4. The van der Waals surface area contributed by atoms with Crippen LogP contribution in [0.3, 0.4) is 0 Å². The molecule has 170 valence electrons. The highest BCUT2D eigenvalue weighted by Gasteiger charge is 2.56. The van der Waals surface area contributed by atoms with Gasteiger partial charge in [-0.1, -0.05) is 52.4 Å². The number of aliphatic carboxylic acids is 1. The Bertz CT molecular complexity index is 579. The Labute approximate surface area is 175 Å². The summed E-state index contributed by atoms with van der Waals surface area (Å²) in [6.45, 7) is 2.00. The van der Waals surface area contributed by atoms with E-state index in [4.69, 9.17) is 23.7 Å². The maximum Gasteiger partial charge on any atom is 0.452 e. The number of unbranched alkanes of at least 4 members (excludes halogenated alkanes) is 6. The fraction of sp³-hybridized carbons (Fsp3) is 0.700. The molecule has 0 spiro atoms. The molecular formula is C20H30O10. The molecule has 0 amide bonds. The van der Waals surface area contributed by atoms with E-state index < -0.39 is 36.1 Å². The summed E-state index contributed by atoms with van der Waals surface area (Å²) in [6, 6.07) is 0. The van der Waals surface area contributed by atoms with Gasteiger partial charge in [-0.05, 0) is 12.8 Å². The standard InChI is InChI=1S/C20H30O10/c1-3-5-7-9-11-15(21)28-19(29-16(22)12-10-8-6-4-2)30-18(25)20(17(23)24)26-13-14-27-20/h13-14,19H,3-12H2,1-2H3,(H,23,24). The number of carbonyl (C=O) groups is 4. The molecule has 1 aliphatic heterocycles. The molecular weight excluding hydrogens is 400 g/mol. The smallest absolute Gasteiger partial charge is 0.452 e. The minimum Gasteiger partial charge on any atom is -0.475 e. The molecule has 1 rings (SSSR count). The second-order valence-electron chi connectivity index (χ2n) is 6.72. The molecule has 0 atom stereocenters. The summed E-state index contributed by atoms with van der Waals surface area (Å²) in [7, 11) is 0. The molecule has 1 aliphatic rings. The molecule has 10 nitrogen and oxygen atoms in total. The van der Waals surface area contributed by atoms with Gasteiger partial charge >= 0.3 is 36.1 Å². The van der Waals surface area contributed by atoms with Crippen LogP contribution in [-0.2, 0) is 42.9 Å². The van der Waals surface area contributed by atoms with E-state index in [1.807, 2.05) is 13.8 Å². The van der Waals surface area contributed by atoms with Gasteiger partial charge in [0.15, 0.2) is 0 Å². The van der Waals surface area contributed by atoms with Gasteiger partial charge in [0, 0.05) is 12.8 Å². The maximum atomic E-state index is 12.3. The van der Waals surface area contributed by atoms with Crippen LogP contribution >= 0.6 is 0 Å². The molecule has 0 bridgehead atoms. The SMILES string of the molecule is CCCCCCC(=O)OC(OC(=O)CCCCCC)OC(=O)C1(C(=O)O)OC=CO1. The van der Waals surface area contributed by atoms with Gasteiger partial charge in [-0.3, -0.25) is 9.59 Å². The third-order valence-electron chi connectivity index (χ3n) is 4.20. The maximum absolute atomic E-state index is 12.3. The molecule has 0 unspecified atom stereocenters. The summed E-state index contributed by atoms with van der Waals surface area (Å²) in [5.74, 6) is -7.62. The van der Waals surface area contributed by atoms with Gasteiger partial charge in [0.1, 0.15) is 12.5 Å². The van der Waals surface area contributed by atoms with Gasteiger partial charge in [0.05, 0.1) is 0 Å². The Hall–Kier alpha value is -2.78. The number of carboxylic acids is 1. The number of rotatable bonds is 15. The molecule has 0 fully saturated rings. The van der Waals surface area contributed by atoms with Gasteiger partial charge in [-0.2, -0.15) is 0 Å². The normalized spacial score (nSPS) is 14.0. The van der Waals surface area contributed by atoms with Crippen molar-refractivity contribution in [2.45, 2.75) is 90.3 Å². The van der Waals surface area contributed by atoms with E-state index in [1.54, 1.807) is 0 Å². The van der Waals surface area contributed by atoms with Crippen molar-refractivity contribution >= 4 is 23.9 Å². The fourth-order valence-corrected chi connectivity index (χ4v) is 2.52. The van der Waals surface area contributed by atoms with E-state index in [0.717, 1.165) is 51.0 Å². The average molecular weight is 430 g/mol. The minimum atomic E-state index is -2.79. The predicted octanol–water partition coefficient (Wildman–Crippen LogP) is 3.14. The van der Waals surface area contributed by atoms with Gasteiger partial charge in [-0.15, -0.1) is 0 Å². The van der Waals surface area contributed by atoms with E-state index in [0.29, 0.717) is 12.8 Å². The molecule has 0 aromatic rings. The molecule has 0 saturated carbocycles. The Morgan fingerprint density at radius 3 is 1.67 bits per heavy atom. The van der Waals surface area contributed by atoms with Crippen molar-refractivity contribution in [2.75, 3.05) is 0 Å². The van der Waals surface area contributed by atoms with E-state index >= 15 is 0 Å². The monoisotopic (exact) mass is 430 g/mol. The summed E-state index contributed by atoms with van der Waals surface area (Å²) < 4.78 is 24.1.